The van der Waals surface area contributed by atoms with Gasteiger partial charge in [-0.3, -0.25) is 5.84 Å². The lowest BCUT2D eigenvalue weighted by Crippen LogP contribution is -2.28. The normalized spacial score (nSPS) is 12.8. The number of furan rings is 1. The van der Waals surface area contributed by atoms with Gasteiger partial charge in [0.1, 0.15) is 17.4 Å². The van der Waals surface area contributed by atoms with Gasteiger partial charge in [-0.25, -0.2) is 5.43 Å². The largest absolute Gasteiger partial charge is 0.459 e. The summed E-state index contributed by atoms with van der Waals surface area (Å²) in [5.74, 6) is 6.53. The zero-order valence-corrected chi connectivity index (χ0v) is 12.7. The fourth-order valence-corrected chi connectivity index (χ4v) is 2.88. The average Bonchev–Trinajstić information content (AvgIpc) is 2.81. The van der Waals surface area contributed by atoms with E-state index < -0.39 is 0 Å². The fourth-order valence-electron chi connectivity index (χ4n) is 2.70. The van der Waals surface area contributed by atoms with E-state index in [0.717, 1.165) is 22.3 Å². The van der Waals surface area contributed by atoms with Gasteiger partial charge in [0, 0.05) is 10.4 Å². The minimum absolute atomic E-state index is 0.185. The van der Waals surface area contributed by atoms with Crippen molar-refractivity contribution >= 4 is 22.6 Å². The van der Waals surface area contributed by atoms with Crippen LogP contribution in [0.4, 0.5) is 0 Å². The number of benzene rings is 2. The van der Waals surface area contributed by atoms with Crippen molar-refractivity contribution in [3.8, 4) is 0 Å². The van der Waals surface area contributed by atoms with E-state index in [0.29, 0.717) is 5.02 Å². The van der Waals surface area contributed by atoms with Crippen LogP contribution < -0.4 is 11.3 Å². The maximum absolute atomic E-state index is 6.02. The van der Waals surface area contributed by atoms with Gasteiger partial charge in [-0.2, -0.15) is 0 Å². The Hall–Kier alpha value is -1.81. The monoisotopic (exact) mass is 300 g/mol. The second kappa shape index (κ2) is 5.53. The summed E-state index contributed by atoms with van der Waals surface area (Å²) in [4.78, 5) is 0. The molecule has 3 nitrogen and oxygen atoms in total. The van der Waals surface area contributed by atoms with Crippen molar-refractivity contribution in [1.29, 1.82) is 0 Å². The summed E-state index contributed by atoms with van der Waals surface area (Å²) in [6.45, 7) is 4.14. The Labute approximate surface area is 128 Å². The first kappa shape index (κ1) is 14.1. The third kappa shape index (κ3) is 2.81. The van der Waals surface area contributed by atoms with Crippen LogP contribution in [0.1, 0.15) is 28.5 Å². The summed E-state index contributed by atoms with van der Waals surface area (Å²) in [6, 6.07) is 13.7. The van der Waals surface area contributed by atoms with Crippen LogP contribution in [0, 0.1) is 13.8 Å². The average molecular weight is 301 g/mol. The Morgan fingerprint density at radius 1 is 1.05 bits per heavy atom. The zero-order chi connectivity index (χ0) is 15.0. The van der Waals surface area contributed by atoms with Gasteiger partial charge in [-0.1, -0.05) is 40.9 Å². The van der Waals surface area contributed by atoms with Crippen molar-refractivity contribution in [3.05, 3.63) is 69.9 Å². The fraction of sp³-hybridized carbons (Fsp3) is 0.176. The van der Waals surface area contributed by atoms with Crippen LogP contribution in [0.3, 0.4) is 0 Å². The molecule has 0 saturated carbocycles. The van der Waals surface area contributed by atoms with E-state index in [-0.39, 0.29) is 6.04 Å². The van der Waals surface area contributed by atoms with Crippen LogP contribution in [0.5, 0.6) is 0 Å². The van der Waals surface area contributed by atoms with Crippen LogP contribution >= 0.6 is 11.6 Å². The summed E-state index contributed by atoms with van der Waals surface area (Å²) >= 11 is 6.02. The highest BCUT2D eigenvalue weighted by molar-refractivity contribution is 6.31. The predicted molar refractivity (Wildman–Crippen MR) is 86.3 cm³/mol. The Bertz CT molecular complexity index is 774. The molecule has 3 rings (SSSR count). The highest BCUT2D eigenvalue weighted by atomic mass is 35.5. The third-order valence-electron chi connectivity index (χ3n) is 3.53. The van der Waals surface area contributed by atoms with E-state index in [4.69, 9.17) is 21.9 Å². The Kier molecular flexibility index (Phi) is 3.72. The smallest absolute Gasteiger partial charge is 0.134 e. The molecule has 2 aromatic carbocycles. The zero-order valence-electron chi connectivity index (χ0n) is 12.0. The molecule has 0 aliphatic carbocycles. The van der Waals surface area contributed by atoms with Gasteiger partial charge in [0.05, 0.1) is 0 Å². The lowest BCUT2D eigenvalue weighted by Gasteiger charge is -2.15. The van der Waals surface area contributed by atoms with Gasteiger partial charge in [0.25, 0.3) is 0 Å². The third-order valence-corrected chi connectivity index (χ3v) is 3.76. The van der Waals surface area contributed by atoms with Gasteiger partial charge >= 0.3 is 0 Å². The van der Waals surface area contributed by atoms with E-state index in [2.05, 4.69) is 37.5 Å². The molecular weight excluding hydrogens is 284 g/mol. The van der Waals surface area contributed by atoms with Gasteiger partial charge in [-0.05, 0) is 43.7 Å². The van der Waals surface area contributed by atoms with Crippen molar-refractivity contribution in [2.75, 3.05) is 0 Å². The minimum atomic E-state index is -0.185. The molecule has 3 N–H and O–H groups in total. The SMILES string of the molecule is Cc1cc(C)cc(C(NN)c2cc3cc(Cl)ccc3o2)c1. The number of rotatable bonds is 3. The van der Waals surface area contributed by atoms with E-state index >= 15 is 0 Å². The Morgan fingerprint density at radius 3 is 2.43 bits per heavy atom. The quantitative estimate of drug-likeness (QED) is 0.561. The molecule has 0 saturated heterocycles. The van der Waals surface area contributed by atoms with Gasteiger partial charge in [-0.15, -0.1) is 0 Å². The summed E-state index contributed by atoms with van der Waals surface area (Å²) in [6.07, 6.45) is 0. The Balaban J connectivity index is 2.08. The molecule has 21 heavy (non-hydrogen) atoms. The van der Waals surface area contributed by atoms with Crippen LogP contribution in [0.2, 0.25) is 5.02 Å². The first-order chi connectivity index (χ1) is 10.1. The number of hydrazine groups is 1. The molecule has 1 aromatic heterocycles. The van der Waals surface area contributed by atoms with E-state index in [1.807, 2.05) is 24.3 Å². The molecule has 3 aromatic rings. The molecule has 1 unspecified atom stereocenters. The molecule has 0 aliphatic heterocycles. The van der Waals surface area contributed by atoms with Crippen LogP contribution in [-0.4, -0.2) is 0 Å². The first-order valence-corrected chi connectivity index (χ1v) is 7.18. The van der Waals surface area contributed by atoms with Gasteiger partial charge < -0.3 is 4.42 Å². The summed E-state index contributed by atoms with van der Waals surface area (Å²) in [5.41, 5.74) is 7.12. The van der Waals surface area contributed by atoms with Gasteiger partial charge in [0.2, 0.25) is 0 Å². The van der Waals surface area contributed by atoms with Crippen molar-refractivity contribution in [3.63, 3.8) is 0 Å². The second-order valence-corrected chi connectivity index (χ2v) is 5.79. The van der Waals surface area contributed by atoms with Crippen LogP contribution in [-0.2, 0) is 0 Å². The molecule has 1 atom stereocenters. The molecule has 0 bridgehead atoms. The van der Waals surface area contributed by atoms with E-state index in [1.54, 1.807) is 0 Å². The lowest BCUT2D eigenvalue weighted by molar-refractivity contribution is 0.477. The number of hydrogen-bond donors (Lipinski definition) is 2. The summed E-state index contributed by atoms with van der Waals surface area (Å²) in [7, 11) is 0. The molecule has 0 fully saturated rings. The summed E-state index contributed by atoms with van der Waals surface area (Å²) in [5, 5.41) is 1.67. The lowest BCUT2D eigenvalue weighted by atomic mass is 10.00. The van der Waals surface area contributed by atoms with Gasteiger partial charge in [0.15, 0.2) is 0 Å². The standard InChI is InChI=1S/C17H17ClN2O/c1-10-5-11(2)7-13(6-10)17(20-19)16-9-12-8-14(18)3-4-15(12)21-16/h3-9,17,20H,19H2,1-2H3. The highest BCUT2D eigenvalue weighted by Crippen LogP contribution is 2.30. The minimum Gasteiger partial charge on any atom is -0.459 e. The van der Waals surface area contributed by atoms with Crippen LogP contribution in [0.25, 0.3) is 11.0 Å². The molecular formula is C17H17ClN2O. The molecule has 0 aliphatic rings. The number of nitrogens with one attached hydrogen (secondary N) is 1. The second-order valence-electron chi connectivity index (χ2n) is 5.35. The highest BCUT2D eigenvalue weighted by Gasteiger charge is 2.18. The van der Waals surface area contributed by atoms with Crippen molar-refractivity contribution in [2.24, 2.45) is 5.84 Å². The maximum atomic E-state index is 6.02. The van der Waals surface area contributed by atoms with E-state index in [1.165, 1.54) is 11.1 Å². The first-order valence-electron chi connectivity index (χ1n) is 6.80. The number of aryl methyl sites for hydroxylation is 2. The predicted octanol–water partition coefficient (Wildman–Crippen LogP) is 4.26. The van der Waals surface area contributed by atoms with Crippen molar-refractivity contribution < 1.29 is 4.42 Å². The number of hydrogen-bond acceptors (Lipinski definition) is 3. The van der Waals surface area contributed by atoms with E-state index in [9.17, 15) is 0 Å². The summed E-state index contributed by atoms with van der Waals surface area (Å²) < 4.78 is 5.91. The van der Waals surface area contributed by atoms with Crippen LogP contribution in [0.15, 0.2) is 46.9 Å². The number of halogens is 1. The molecule has 108 valence electrons. The topological polar surface area (TPSA) is 51.2 Å². The Morgan fingerprint density at radius 2 is 1.76 bits per heavy atom. The molecule has 0 spiro atoms. The molecule has 1 heterocycles. The van der Waals surface area contributed by atoms with Crippen molar-refractivity contribution in [1.82, 2.24) is 5.43 Å². The number of fused-ring (bicyclic) bond motifs is 1. The molecule has 0 radical (unpaired) electrons. The van der Waals surface area contributed by atoms with Crippen molar-refractivity contribution in [2.45, 2.75) is 19.9 Å². The maximum Gasteiger partial charge on any atom is 0.134 e. The number of nitrogens with two attached hydrogens (primary N) is 1. The molecule has 0 amide bonds. The molecule has 4 heteroatoms.